The summed E-state index contributed by atoms with van der Waals surface area (Å²) in [5.74, 6) is 0. The molecule has 1 aliphatic heterocycles. The minimum atomic E-state index is 0.682. The first-order valence-electron chi connectivity index (χ1n) is 5.17. The lowest BCUT2D eigenvalue weighted by molar-refractivity contribution is 0.217. The Morgan fingerprint density at radius 3 is 2.92 bits per heavy atom. The quantitative estimate of drug-likeness (QED) is 0.690. The summed E-state index contributed by atoms with van der Waals surface area (Å²) in [6.07, 6.45) is 3.94. The second-order valence-corrected chi connectivity index (χ2v) is 4.08. The molecule has 0 aromatic carbocycles. The molecule has 2 unspecified atom stereocenters. The number of likely N-dealkylation sites (N-methyl/N-ethyl adjacent to an activating group) is 1. The van der Waals surface area contributed by atoms with Gasteiger partial charge in [-0.3, -0.25) is 0 Å². The van der Waals surface area contributed by atoms with Crippen LogP contribution >= 0.6 is 0 Å². The van der Waals surface area contributed by atoms with Gasteiger partial charge in [0.25, 0.3) is 0 Å². The monoisotopic (exact) mass is 170 g/mol. The Morgan fingerprint density at radius 2 is 2.33 bits per heavy atom. The van der Waals surface area contributed by atoms with Crippen LogP contribution in [0.1, 0.15) is 33.1 Å². The average Bonchev–Trinajstić information content (AvgIpc) is 2.04. The van der Waals surface area contributed by atoms with Crippen molar-refractivity contribution in [3.8, 4) is 0 Å². The highest BCUT2D eigenvalue weighted by molar-refractivity contribution is 4.78. The van der Waals surface area contributed by atoms with Gasteiger partial charge in [-0.15, -0.1) is 0 Å². The zero-order chi connectivity index (χ0) is 8.97. The first-order chi connectivity index (χ1) is 5.72. The Morgan fingerprint density at radius 1 is 1.58 bits per heavy atom. The van der Waals surface area contributed by atoms with Crippen LogP contribution in [0.4, 0.5) is 0 Å². The van der Waals surface area contributed by atoms with Crippen LogP contribution in [0.3, 0.4) is 0 Å². The maximum Gasteiger partial charge on any atom is 0.0197 e. The molecular weight excluding hydrogens is 148 g/mol. The third-order valence-electron chi connectivity index (χ3n) is 2.76. The third kappa shape index (κ3) is 3.11. The molecule has 0 spiro atoms. The molecule has 1 saturated heterocycles. The SMILES string of the molecule is CCC(C)NC1CCCN(C)C1. The highest BCUT2D eigenvalue weighted by atomic mass is 15.1. The number of hydrogen-bond acceptors (Lipinski definition) is 2. The van der Waals surface area contributed by atoms with E-state index in [-0.39, 0.29) is 0 Å². The molecule has 1 aliphatic rings. The van der Waals surface area contributed by atoms with E-state index >= 15 is 0 Å². The molecule has 2 nitrogen and oxygen atoms in total. The molecule has 1 rings (SSSR count). The van der Waals surface area contributed by atoms with Crippen LogP contribution < -0.4 is 5.32 Å². The van der Waals surface area contributed by atoms with Crippen molar-refractivity contribution in [1.82, 2.24) is 10.2 Å². The summed E-state index contributed by atoms with van der Waals surface area (Å²) in [6, 6.07) is 1.42. The first kappa shape index (κ1) is 10.0. The maximum atomic E-state index is 3.66. The van der Waals surface area contributed by atoms with Gasteiger partial charge in [0.05, 0.1) is 0 Å². The number of hydrogen-bond donors (Lipinski definition) is 1. The highest BCUT2D eigenvalue weighted by Crippen LogP contribution is 2.08. The van der Waals surface area contributed by atoms with E-state index in [1.165, 1.54) is 32.4 Å². The number of likely N-dealkylation sites (tertiary alicyclic amines) is 1. The van der Waals surface area contributed by atoms with Crippen molar-refractivity contribution in [3.63, 3.8) is 0 Å². The smallest absolute Gasteiger partial charge is 0.0197 e. The predicted molar refractivity (Wildman–Crippen MR) is 53.4 cm³/mol. The van der Waals surface area contributed by atoms with E-state index in [0.29, 0.717) is 6.04 Å². The van der Waals surface area contributed by atoms with Gasteiger partial charge in [-0.05, 0) is 39.8 Å². The molecule has 0 saturated carbocycles. The van der Waals surface area contributed by atoms with Crippen molar-refractivity contribution in [2.45, 2.75) is 45.2 Å². The minimum absolute atomic E-state index is 0.682. The van der Waals surface area contributed by atoms with Crippen LogP contribution in [-0.2, 0) is 0 Å². The molecular formula is C10H22N2. The van der Waals surface area contributed by atoms with Crippen molar-refractivity contribution in [1.29, 1.82) is 0 Å². The van der Waals surface area contributed by atoms with E-state index in [1.807, 2.05) is 0 Å². The molecule has 2 atom stereocenters. The lowest BCUT2D eigenvalue weighted by atomic mass is 10.1. The van der Waals surface area contributed by atoms with Crippen molar-refractivity contribution in [2.75, 3.05) is 20.1 Å². The zero-order valence-corrected chi connectivity index (χ0v) is 8.64. The van der Waals surface area contributed by atoms with Crippen LogP contribution in [0.25, 0.3) is 0 Å². The van der Waals surface area contributed by atoms with E-state index in [2.05, 4.69) is 31.1 Å². The average molecular weight is 170 g/mol. The molecule has 72 valence electrons. The molecule has 1 heterocycles. The first-order valence-corrected chi connectivity index (χ1v) is 5.17. The van der Waals surface area contributed by atoms with E-state index in [0.717, 1.165) is 6.04 Å². The van der Waals surface area contributed by atoms with Crippen LogP contribution in [-0.4, -0.2) is 37.1 Å². The lowest BCUT2D eigenvalue weighted by Crippen LogP contribution is -2.46. The number of nitrogens with one attached hydrogen (secondary N) is 1. The van der Waals surface area contributed by atoms with Gasteiger partial charge in [0, 0.05) is 18.6 Å². The molecule has 12 heavy (non-hydrogen) atoms. The van der Waals surface area contributed by atoms with E-state index in [4.69, 9.17) is 0 Å². The standard InChI is InChI=1S/C10H22N2/c1-4-9(2)11-10-6-5-7-12(3)8-10/h9-11H,4-8H2,1-3H3. The van der Waals surface area contributed by atoms with Gasteiger partial charge < -0.3 is 10.2 Å². The Kier molecular flexibility index (Phi) is 4.02. The Balaban J connectivity index is 2.22. The Labute approximate surface area is 76.3 Å². The van der Waals surface area contributed by atoms with Crippen LogP contribution in [0.2, 0.25) is 0 Å². The number of piperidine rings is 1. The fourth-order valence-corrected chi connectivity index (χ4v) is 1.82. The van der Waals surface area contributed by atoms with Crippen molar-refractivity contribution >= 4 is 0 Å². The molecule has 2 heteroatoms. The third-order valence-corrected chi connectivity index (χ3v) is 2.76. The minimum Gasteiger partial charge on any atom is -0.310 e. The van der Waals surface area contributed by atoms with E-state index < -0.39 is 0 Å². The second-order valence-electron chi connectivity index (χ2n) is 4.08. The van der Waals surface area contributed by atoms with Crippen LogP contribution in [0.5, 0.6) is 0 Å². The lowest BCUT2D eigenvalue weighted by Gasteiger charge is -2.32. The summed E-state index contributed by atoms with van der Waals surface area (Å²) in [5, 5.41) is 3.66. The van der Waals surface area contributed by atoms with Crippen molar-refractivity contribution < 1.29 is 0 Å². The predicted octanol–water partition coefficient (Wildman–Crippen LogP) is 1.47. The van der Waals surface area contributed by atoms with Gasteiger partial charge in [-0.1, -0.05) is 6.92 Å². The summed E-state index contributed by atoms with van der Waals surface area (Å²) < 4.78 is 0. The van der Waals surface area contributed by atoms with E-state index in [9.17, 15) is 0 Å². The van der Waals surface area contributed by atoms with Gasteiger partial charge in [-0.2, -0.15) is 0 Å². The van der Waals surface area contributed by atoms with Gasteiger partial charge in [0.2, 0.25) is 0 Å². The maximum absolute atomic E-state index is 3.66. The van der Waals surface area contributed by atoms with E-state index in [1.54, 1.807) is 0 Å². The fraction of sp³-hybridized carbons (Fsp3) is 1.00. The van der Waals surface area contributed by atoms with Crippen LogP contribution in [0, 0.1) is 0 Å². The normalized spacial score (nSPS) is 28.8. The molecule has 0 aromatic rings. The topological polar surface area (TPSA) is 15.3 Å². The Bertz CT molecular complexity index is 125. The zero-order valence-electron chi connectivity index (χ0n) is 8.64. The van der Waals surface area contributed by atoms with Crippen LogP contribution in [0.15, 0.2) is 0 Å². The second kappa shape index (κ2) is 4.83. The summed E-state index contributed by atoms with van der Waals surface area (Å²) >= 11 is 0. The summed E-state index contributed by atoms with van der Waals surface area (Å²) in [6.45, 7) is 7.02. The molecule has 1 N–H and O–H groups in total. The molecule has 0 amide bonds. The number of nitrogens with zero attached hydrogens (tertiary/aromatic N) is 1. The molecule has 0 radical (unpaired) electrons. The van der Waals surface area contributed by atoms with Gasteiger partial charge >= 0.3 is 0 Å². The summed E-state index contributed by atoms with van der Waals surface area (Å²) in [5.41, 5.74) is 0. The highest BCUT2D eigenvalue weighted by Gasteiger charge is 2.17. The summed E-state index contributed by atoms with van der Waals surface area (Å²) in [4.78, 5) is 2.42. The van der Waals surface area contributed by atoms with Crippen molar-refractivity contribution in [3.05, 3.63) is 0 Å². The number of rotatable bonds is 3. The largest absolute Gasteiger partial charge is 0.310 e. The Hall–Kier alpha value is -0.0800. The van der Waals surface area contributed by atoms with Gasteiger partial charge in [0.15, 0.2) is 0 Å². The van der Waals surface area contributed by atoms with Gasteiger partial charge in [-0.25, -0.2) is 0 Å². The fourth-order valence-electron chi connectivity index (χ4n) is 1.82. The molecule has 0 bridgehead atoms. The summed E-state index contributed by atoms with van der Waals surface area (Å²) in [7, 11) is 2.21. The molecule has 1 fully saturated rings. The van der Waals surface area contributed by atoms with Gasteiger partial charge in [0.1, 0.15) is 0 Å². The molecule has 0 aromatic heterocycles. The van der Waals surface area contributed by atoms with Crippen molar-refractivity contribution in [2.24, 2.45) is 0 Å². The molecule has 0 aliphatic carbocycles.